The average Bonchev–Trinajstić information content (AvgIpc) is 2.70. The van der Waals surface area contributed by atoms with Crippen molar-refractivity contribution in [2.24, 2.45) is 5.41 Å². The maximum Gasteiger partial charge on any atom is 0.290 e. The van der Waals surface area contributed by atoms with E-state index in [0.29, 0.717) is 25.5 Å². The van der Waals surface area contributed by atoms with Gasteiger partial charge in [0.2, 0.25) is 11.9 Å². The number of halogens is 1. The Balaban J connectivity index is 0.000000858. The van der Waals surface area contributed by atoms with Gasteiger partial charge in [0.05, 0.1) is 18.7 Å². The second kappa shape index (κ2) is 9.59. The first-order valence-corrected chi connectivity index (χ1v) is 9.95. The van der Waals surface area contributed by atoms with Gasteiger partial charge in [0.1, 0.15) is 5.75 Å². The van der Waals surface area contributed by atoms with Crippen LogP contribution < -0.4 is 20.7 Å². The Kier molecular flexibility index (Phi) is 6.88. The topological polar surface area (TPSA) is 131 Å². The minimum atomic E-state index is -0.644. The van der Waals surface area contributed by atoms with Crippen LogP contribution in [0.25, 0.3) is 0 Å². The van der Waals surface area contributed by atoms with Crippen molar-refractivity contribution in [3.05, 3.63) is 41.8 Å². The molecule has 2 aromatic rings. The van der Waals surface area contributed by atoms with E-state index in [1.165, 1.54) is 0 Å². The van der Waals surface area contributed by atoms with Crippen LogP contribution in [0, 0.1) is 11.2 Å². The van der Waals surface area contributed by atoms with Gasteiger partial charge in [-0.3, -0.25) is 9.59 Å². The number of nitrogens with one attached hydrogen (secondary N) is 1. The average molecular weight is 431 g/mol. The summed E-state index contributed by atoms with van der Waals surface area (Å²) in [6.07, 6.45) is 4.86. The van der Waals surface area contributed by atoms with Gasteiger partial charge < -0.3 is 25.8 Å². The SMILES string of the molecule is COc1cccc(CC2(C(=O)NC3CCC3)CN(c3ncc(F)c(N)n3)C2)c1.O=CO. The highest BCUT2D eigenvalue weighted by Crippen LogP contribution is 2.38. The lowest BCUT2D eigenvalue weighted by Gasteiger charge is -2.49. The number of aromatic nitrogens is 2. The second-order valence-corrected chi connectivity index (χ2v) is 7.77. The summed E-state index contributed by atoms with van der Waals surface area (Å²) in [7, 11) is 1.62. The third-order valence-corrected chi connectivity index (χ3v) is 5.63. The summed E-state index contributed by atoms with van der Waals surface area (Å²) in [4.78, 5) is 31.4. The monoisotopic (exact) mass is 431 g/mol. The predicted molar refractivity (Wildman–Crippen MR) is 112 cm³/mol. The summed E-state index contributed by atoms with van der Waals surface area (Å²) < 4.78 is 18.7. The number of hydrogen-bond donors (Lipinski definition) is 3. The quantitative estimate of drug-likeness (QED) is 0.588. The number of nitrogen functional groups attached to an aromatic ring is 1. The van der Waals surface area contributed by atoms with Crippen molar-refractivity contribution in [2.45, 2.75) is 31.7 Å². The van der Waals surface area contributed by atoms with E-state index < -0.39 is 11.2 Å². The van der Waals surface area contributed by atoms with Crippen LogP contribution in [0.3, 0.4) is 0 Å². The molecule has 0 spiro atoms. The molecule has 0 radical (unpaired) electrons. The predicted octanol–water partition coefficient (Wildman–Crippen LogP) is 1.63. The molecule has 1 aliphatic carbocycles. The van der Waals surface area contributed by atoms with Crippen LogP contribution in [0.5, 0.6) is 5.75 Å². The summed E-state index contributed by atoms with van der Waals surface area (Å²) in [6.45, 7) is 0.654. The Morgan fingerprint density at radius 1 is 1.45 bits per heavy atom. The number of carboxylic acid groups (broad SMARTS) is 1. The van der Waals surface area contributed by atoms with E-state index in [4.69, 9.17) is 20.4 Å². The van der Waals surface area contributed by atoms with Crippen LogP contribution in [-0.4, -0.2) is 53.7 Å². The number of carbonyl (C=O) groups excluding carboxylic acids is 1. The molecule has 2 aliphatic rings. The Bertz CT molecular complexity index is 932. The van der Waals surface area contributed by atoms with Gasteiger partial charge in [-0.2, -0.15) is 4.98 Å². The van der Waals surface area contributed by atoms with Gasteiger partial charge in [-0.15, -0.1) is 0 Å². The highest BCUT2D eigenvalue weighted by molar-refractivity contribution is 5.86. The van der Waals surface area contributed by atoms with Crippen molar-refractivity contribution >= 4 is 24.1 Å². The van der Waals surface area contributed by atoms with Gasteiger partial charge in [-0.25, -0.2) is 9.37 Å². The van der Waals surface area contributed by atoms with E-state index >= 15 is 0 Å². The second-order valence-electron chi connectivity index (χ2n) is 7.77. The molecule has 10 heteroatoms. The van der Waals surface area contributed by atoms with Gasteiger partial charge >= 0.3 is 0 Å². The normalized spacial score (nSPS) is 16.8. The van der Waals surface area contributed by atoms with E-state index in [0.717, 1.165) is 36.8 Å². The number of carbonyl (C=O) groups is 2. The Morgan fingerprint density at radius 2 is 2.16 bits per heavy atom. The van der Waals surface area contributed by atoms with E-state index in [1.54, 1.807) is 7.11 Å². The highest BCUT2D eigenvalue weighted by atomic mass is 19.1. The number of nitrogens with two attached hydrogens (primary N) is 1. The number of ether oxygens (including phenoxy) is 1. The minimum absolute atomic E-state index is 0.0475. The summed E-state index contributed by atoms with van der Waals surface area (Å²) in [5, 5.41) is 10.1. The molecule has 1 saturated carbocycles. The molecule has 1 aromatic heterocycles. The van der Waals surface area contributed by atoms with Crippen LogP contribution in [-0.2, 0) is 16.0 Å². The molecule has 1 amide bonds. The van der Waals surface area contributed by atoms with Crippen LogP contribution in [0.2, 0.25) is 0 Å². The molecule has 0 atom stereocenters. The van der Waals surface area contributed by atoms with Crippen molar-refractivity contribution in [2.75, 3.05) is 30.8 Å². The molecule has 4 N–H and O–H groups in total. The molecule has 2 heterocycles. The molecule has 9 nitrogen and oxygen atoms in total. The number of hydrogen-bond acceptors (Lipinski definition) is 7. The van der Waals surface area contributed by atoms with E-state index in [2.05, 4.69) is 15.3 Å². The van der Waals surface area contributed by atoms with Crippen molar-refractivity contribution < 1.29 is 23.8 Å². The molecule has 1 aliphatic heterocycles. The molecule has 2 fully saturated rings. The van der Waals surface area contributed by atoms with Crippen molar-refractivity contribution in [3.63, 3.8) is 0 Å². The van der Waals surface area contributed by atoms with E-state index in [-0.39, 0.29) is 24.2 Å². The summed E-state index contributed by atoms with van der Waals surface area (Å²) >= 11 is 0. The van der Waals surface area contributed by atoms with Gasteiger partial charge in [-0.05, 0) is 43.4 Å². The number of amides is 1. The van der Waals surface area contributed by atoms with E-state index in [1.807, 2.05) is 29.2 Å². The van der Waals surface area contributed by atoms with Crippen molar-refractivity contribution in [3.8, 4) is 5.75 Å². The molecule has 0 unspecified atom stereocenters. The zero-order chi connectivity index (χ0) is 22.4. The lowest BCUT2D eigenvalue weighted by atomic mass is 9.73. The van der Waals surface area contributed by atoms with Crippen molar-refractivity contribution in [1.29, 1.82) is 0 Å². The Labute approximate surface area is 179 Å². The molecule has 166 valence electrons. The third kappa shape index (κ3) is 5.01. The Morgan fingerprint density at radius 3 is 2.74 bits per heavy atom. The fraction of sp³-hybridized carbons (Fsp3) is 0.429. The maximum absolute atomic E-state index is 13.4. The largest absolute Gasteiger partial charge is 0.497 e. The number of anilines is 2. The number of methoxy groups -OCH3 is 1. The van der Waals surface area contributed by atoms with Crippen LogP contribution in [0.1, 0.15) is 24.8 Å². The van der Waals surface area contributed by atoms with Crippen LogP contribution in [0.4, 0.5) is 16.2 Å². The number of nitrogens with zero attached hydrogens (tertiary/aromatic N) is 3. The fourth-order valence-corrected chi connectivity index (χ4v) is 3.75. The molecule has 1 saturated heterocycles. The molecule has 0 bridgehead atoms. The molecular weight excluding hydrogens is 405 g/mol. The first-order valence-electron chi connectivity index (χ1n) is 9.95. The van der Waals surface area contributed by atoms with Crippen molar-refractivity contribution in [1.82, 2.24) is 15.3 Å². The third-order valence-electron chi connectivity index (χ3n) is 5.63. The number of rotatable bonds is 6. The van der Waals surface area contributed by atoms with Gasteiger partial charge in [0.25, 0.3) is 6.47 Å². The maximum atomic E-state index is 13.4. The first-order chi connectivity index (χ1) is 14.9. The van der Waals surface area contributed by atoms with Crippen LogP contribution >= 0.6 is 0 Å². The first kappa shape index (κ1) is 22.3. The highest BCUT2D eigenvalue weighted by Gasteiger charge is 2.50. The molecule has 31 heavy (non-hydrogen) atoms. The van der Waals surface area contributed by atoms with Gasteiger partial charge in [0, 0.05) is 19.1 Å². The number of benzene rings is 1. The molecule has 4 rings (SSSR count). The Hall–Kier alpha value is -3.43. The zero-order valence-electron chi connectivity index (χ0n) is 17.3. The van der Waals surface area contributed by atoms with Gasteiger partial charge in [0.15, 0.2) is 11.6 Å². The van der Waals surface area contributed by atoms with Gasteiger partial charge in [-0.1, -0.05) is 12.1 Å². The van der Waals surface area contributed by atoms with Crippen LogP contribution in [0.15, 0.2) is 30.5 Å². The molecular formula is C21H26FN5O4. The summed E-state index contributed by atoms with van der Waals surface area (Å²) in [5.74, 6) is 0.324. The summed E-state index contributed by atoms with van der Waals surface area (Å²) in [5.41, 5.74) is 6.01. The fourth-order valence-electron chi connectivity index (χ4n) is 3.75. The molecule has 1 aromatic carbocycles. The standard InChI is InChI=1S/C20H24FN5O2.CH2O2/c1-28-15-7-2-4-13(8-15)9-20(18(27)24-14-5-3-6-14)11-26(12-20)19-23-10-16(21)17(22)25-19;2-1-3/h2,4,7-8,10,14H,3,5-6,9,11-12H2,1H3,(H,24,27)(H2,22,23,25);1H,(H,2,3). The smallest absolute Gasteiger partial charge is 0.290 e. The summed E-state index contributed by atoms with van der Waals surface area (Å²) in [6, 6.07) is 8.02. The minimum Gasteiger partial charge on any atom is -0.497 e. The zero-order valence-corrected chi connectivity index (χ0v) is 17.3. The lowest BCUT2D eigenvalue weighted by Crippen LogP contribution is -2.66. The van der Waals surface area contributed by atoms with E-state index in [9.17, 15) is 9.18 Å². The lowest BCUT2D eigenvalue weighted by molar-refractivity contribution is -0.134.